The first kappa shape index (κ1) is 13.7. The summed E-state index contributed by atoms with van der Waals surface area (Å²) in [6.07, 6.45) is 6.28. The zero-order valence-corrected chi connectivity index (χ0v) is 10.7. The van der Waals surface area contributed by atoms with Crippen molar-refractivity contribution in [2.45, 2.75) is 12.8 Å². The van der Waals surface area contributed by atoms with Crippen molar-refractivity contribution in [3.05, 3.63) is 61.2 Å². The maximum atomic E-state index is 11.5. The monoisotopic (exact) mass is 274 g/mol. The van der Waals surface area contributed by atoms with Gasteiger partial charge in [0.2, 0.25) is 24.8 Å². The lowest BCUT2D eigenvalue weighted by atomic mass is 10.3. The lowest BCUT2D eigenvalue weighted by Gasteiger charge is -1.96. The molecule has 6 heteroatoms. The molecule has 2 aromatic rings. The van der Waals surface area contributed by atoms with Crippen LogP contribution in [0, 0.1) is 0 Å². The Balaban J connectivity index is 1.75. The SMILES string of the molecule is O=C(CCC(=O)O[n+]1ccccc1)O[n+]1ccccc1. The van der Waals surface area contributed by atoms with Crippen LogP contribution in [0.2, 0.25) is 0 Å². The van der Waals surface area contributed by atoms with Crippen LogP contribution in [-0.4, -0.2) is 11.9 Å². The third-order valence-corrected chi connectivity index (χ3v) is 2.32. The first-order valence-corrected chi connectivity index (χ1v) is 6.09. The predicted molar refractivity (Wildman–Crippen MR) is 65.7 cm³/mol. The van der Waals surface area contributed by atoms with Crippen molar-refractivity contribution in [2.24, 2.45) is 0 Å². The molecular weight excluding hydrogens is 260 g/mol. The van der Waals surface area contributed by atoms with Gasteiger partial charge in [-0.2, -0.15) is 9.68 Å². The zero-order chi connectivity index (χ0) is 14.2. The van der Waals surface area contributed by atoms with Crippen molar-refractivity contribution in [3.63, 3.8) is 0 Å². The van der Waals surface area contributed by atoms with Gasteiger partial charge >= 0.3 is 11.9 Å². The number of hydrogen-bond donors (Lipinski definition) is 0. The van der Waals surface area contributed by atoms with E-state index in [1.165, 1.54) is 9.46 Å². The summed E-state index contributed by atoms with van der Waals surface area (Å²) in [6, 6.07) is 10.5. The number of rotatable bonds is 5. The highest BCUT2D eigenvalue weighted by Crippen LogP contribution is 1.90. The van der Waals surface area contributed by atoms with Crippen LogP contribution in [0.15, 0.2) is 61.2 Å². The van der Waals surface area contributed by atoms with Crippen LogP contribution in [0.1, 0.15) is 12.8 Å². The molecule has 102 valence electrons. The fraction of sp³-hybridized carbons (Fsp3) is 0.143. The van der Waals surface area contributed by atoms with Crippen molar-refractivity contribution in [2.75, 3.05) is 0 Å². The largest absolute Gasteiger partial charge is 0.381 e. The van der Waals surface area contributed by atoms with E-state index in [9.17, 15) is 9.59 Å². The Morgan fingerprint density at radius 1 is 0.650 bits per heavy atom. The highest BCUT2D eigenvalue weighted by Gasteiger charge is 2.16. The number of carbonyl (C=O) groups excluding carboxylic acids is 2. The van der Waals surface area contributed by atoms with Gasteiger partial charge in [0.25, 0.3) is 0 Å². The van der Waals surface area contributed by atoms with Crippen molar-refractivity contribution < 1.29 is 28.7 Å². The van der Waals surface area contributed by atoms with E-state index < -0.39 is 11.9 Å². The van der Waals surface area contributed by atoms with Gasteiger partial charge in [0.1, 0.15) is 0 Å². The first-order chi connectivity index (χ1) is 9.74. The number of hydrogen-bond acceptors (Lipinski definition) is 4. The van der Waals surface area contributed by atoms with Crippen LogP contribution in [0.4, 0.5) is 0 Å². The number of nitrogens with zero attached hydrogens (tertiary/aromatic N) is 2. The smallest absolute Gasteiger partial charge is 0.245 e. The second-order valence-corrected chi connectivity index (χ2v) is 3.90. The minimum atomic E-state index is -0.504. The highest BCUT2D eigenvalue weighted by atomic mass is 16.7. The van der Waals surface area contributed by atoms with Crippen LogP contribution in [0.3, 0.4) is 0 Å². The molecule has 0 amide bonds. The highest BCUT2D eigenvalue weighted by molar-refractivity contribution is 5.77. The van der Waals surface area contributed by atoms with Gasteiger partial charge in [0.05, 0.1) is 12.8 Å². The molecule has 0 aliphatic carbocycles. The lowest BCUT2D eigenvalue weighted by molar-refractivity contribution is -0.870. The Hall–Kier alpha value is -2.76. The Morgan fingerprint density at radius 3 is 1.35 bits per heavy atom. The molecule has 0 unspecified atom stereocenters. The normalized spacial score (nSPS) is 9.80. The summed E-state index contributed by atoms with van der Waals surface area (Å²) in [5.41, 5.74) is 0. The van der Waals surface area contributed by atoms with E-state index >= 15 is 0 Å². The fourth-order valence-electron chi connectivity index (χ4n) is 1.42. The molecule has 2 rings (SSSR count). The van der Waals surface area contributed by atoms with E-state index in [1.807, 2.05) is 0 Å². The lowest BCUT2D eigenvalue weighted by Crippen LogP contribution is -2.46. The van der Waals surface area contributed by atoms with Gasteiger partial charge in [-0.1, -0.05) is 12.1 Å². The molecule has 0 aromatic carbocycles. The third-order valence-electron chi connectivity index (χ3n) is 2.32. The van der Waals surface area contributed by atoms with E-state index in [-0.39, 0.29) is 12.8 Å². The molecule has 2 heterocycles. The van der Waals surface area contributed by atoms with E-state index in [0.29, 0.717) is 0 Å². The molecule has 0 spiro atoms. The molecule has 0 bridgehead atoms. The molecule has 0 radical (unpaired) electrons. The molecule has 0 aliphatic heterocycles. The topological polar surface area (TPSA) is 60.4 Å². The predicted octanol–water partition coefficient (Wildman–Crippen LogP) is -0.348. The fourth-order valence-corrected chi connectivity index (χ4v) is 1.42. The van der Waals surface area contributed by atoms with Crippen LogP contribution >= 0.6 is 0 Å². The average Bonchev–Trinajstić information content (AvgIpc) is 2.47. The molecular formula is C14H14N2O4+2. The quantitative estimate of drug-likeness (QED) is 0.699. The van der Waals surface area contributed by atoms with Crippen molar-refractivity contribution in [1.29, 1.82) is 0 Å². The molecule has 0 saturated heterocycles. The third kappa shape index (κ3) is 4.49. The van der Waals surface area contributed by atoms with Gasteiger partial charge in [0.15, 0.2) is 0 Å². The zero-order valence-electron chi connectivity index (χ0n) is 10.7. The summed E-state index contributed by atoms with van der Waals surface area (Å²) in [5, 5.41) is 0. The molecule has 2 aromatic heterocycles. The molecule has 0 saturated carbocycles. The van der Waals surface area contributed by atoms with Crippen molar-refractivity contribution >= 4 is 11.9 Å². The van der Waals surface area contributed by atoms with Crippen LogP contribution < -0.4 is 19.1 Å². The summed E-state index contributed by atoms with van der Waals surface area (Å²) in [5.74, 6) is -1.01. The Morgan fingerprint density at radius 2 is 1.00 bits per heavy atom. The molecule has 0 N–H and O–H groups in total. The summed E-state index contributed by atoms with van der Waals surface area (Å²) in [6.45, 7) is 0. The Labute approximate surface area is 115 Å². The standard InChI is InChI=1S/C14H14N2O4/c17-13(19-15-9-3-1-4-10-15)7-8-14(18)20-16-11-5-2-6-12-16/h1-6,9-12H,7-8H2/q+2. The summed E-state index contributed by atoms with van der Waals surface area (Å²) in [7, 11) is 0. The summed E-state index contributed by atoms with van der Waals surface area (Å²) in [4.78, 5) is 33.0. The number of aromatic nitrogens is 2. The van der Waals surface area contributed by atoms with Gasteiger partial charge in [0, 0.05) is 33.7 Å². The first-order valence-electron chi connectivity index (χ1n) is 6.09. The second-order valence-electron chi connectivity index (χ2n) is 3.90. The number of pyridine rings is 2. The van der Waals surface area contributed by atoms with Crippen molar-refractivity contribution in [1.82, 2.24) is 0 Å². The second kappa shape index (κ2) is 6.98. The van der Waals surface area contributed by atoms with E-state index in [4.69, 9.17) is 9.68 Å². The maximum Gasteiger partial charge on any atom is 0.381 e. The summed E-state index contributed by atoms with van der Waals surface area (Å²) < 4.78 is 2.55. The van der Waals surface area contributed by atoms with Gasteiger partial charge < -0.3 is 0 Å². The number of carbonyl (C=O) groups is 2. The minimum Gasteiger partial charge on any atom is -0.245 e. The van der Waals surface area contributed by atoms with Gasteiger partial charge in [-0.3, -0.25) is 0 Å². The Kier molecular flexibility index (Phi) is 4.77. The van der Waals surface area contributed by atoms with E-state index in [2.05, 4.69) is 0 Å². The average molecular weight is 274 g/mol. The van der Waals surface area contributed by atoms with Gasteiger partial charge in [-0.25, -0.2) is 9.59 Å². The van der Waals surface area contributed by atoms with Crippen molar-refractivity contribution in [3.8, 4) is 0 Å². The maximum absolute atomic E-state index is 11.5. The minimum absolute atomic E-state index is 0.0475. The molecule has 6 nitrogen and oxygen atoms in total. The molecule has 0 atom stereocenters. The van der Waals surface area contributed by atoms with Crippen LogP contribution in [0.5, 0.6) is 0 Å². The van der Waals surface area contributed by atoms with Crippen LogP contribution in [0.25, 0.3) is 0 Å². The van der Waals surface area contributed by atoms with Crippen LogP contribution in [-0.2, 0) is 9.59 Å². The van der Waals surface area contributed by atoms with E-state index in [1.54, 1.807) is 61.2 Å². The molecule has 20 heavy (non-hydrogen) atoms. The summed E-state index contributed by atoms with van der Waals surface area (Å²) >= 11 is 0. The van der Waals surface area contributed by atoms with Gasteiger partial charge in [-0.05, 0) is 0 Å². The molecule has 0 aliphatic rings. The van der Waals surface area contributed by atoms with Gasteiger partial charge in [-0.15, -0.1) is 0 Å². The molecule has 0 fully saturated rings. The Bertz CT molecular complexity index is 519. The van der Waals surface area contributed by atoms with E-state index in [0.717, 1.165) is 0 Å².